The van der Waals surface area contributed by atoms with E-state index in [-0.39, 0.29) is 5.25 Å². The van der Waals surface area contributed by atoms with Gasteiger partial charge in [-0.1, -0.05) is 117 Å². The molecule has 10 heteroatoms. The molecule has 22 unspecified atom stereocenters. The predicted octanol–water partition coefficient (Wildman–Crippen LogP) is 17.8. The Morgan fingerprint density at radius 3 is 1.82 bits per heavy atom. The molecule has 5 nitrogen and oxygen atoms in total. The van der Waals surface area contributed by atoms with Crippen molar-refractivity contribution in [3.8, 4) is 28.5 Å². The van der Waals surface area contributed by atoms with Crippen molar-refractivity contribution in [2.75, 3.05) is 0 Å². The van der Waals surface area contributed by atoms with Gasteiger partial charge in [-0.05, 0) is 198 Å². The highest BCUT2D eigenvalue weighted by molar-refractivity contribution is 8.00. The van der Waals surface area contributed by atoms with E-state index in [0.29, 0.717) is 42.1 Å². The van der Waals surface area contributed by atoms with Crippen molar-refractivity contribution in [2.45, 2.75) is 211 Å². The van der Waals surface area contributed by atoms with Crippen LogP contribution in [-0.2, 0) is 0 Å². The summed E-state index contributed by atoms with van der Waals surface area (Å²) in [7, 11) is 0. The zero-order valence-corrected chi connectivity index (χ0v) is 50.0. The molecule has 0 N–H and O–H groups in total. The van der Waals surface area contributed by atoms with E-state index in [1.165, 1.54) is 144 Å². The second kappa shape index (κ2) is 20.4. The summed E-state index contributed by atoms with van der Waals surface area (Å²) in [5.41, 5.74) is 7.03. The summed E-state index contributed by atoms with van der Waals surface area (Å²) >= 11 is 4.64. The van der Waals surface area contributed by atoms with Crippen molar-refractivity contribution in [1.82, 2.24) is 24.3 Å². The molecule has 6 heterocycles. The van der Waals surface area contributed by atoms with Crippen LogP contribution in [-0.4, -0.2) is 87.8 Å². The second-order valence-corrected chi connectivity index (χ2v) is 32.1. The normalized spacial score (nSPS) is 41.9. The lowest BCUT2D eigenvalue weighted by Crippen LogP contribution is -2.74. The molecular weight excluding hydrogens is 1070 g/mol. The van der Waals surface area contributed by atoms with Crippen molar-refractivity contribution in [1.29, 1.82) is 0 Å². The fraction of sp³-hybridized carbons (Fsp3) is 0.616. The Hall–Kier alpha value is -3.83. The number of thioether (sulfide) groups is 2. The van der Waals surface area contributed by atoms with Crippen molar-refractivity contribution in [3.05, 3.63) is 115 Å². The molecular formula is C73H84F3N5S2. The second-order valence-electron chi connectivity index (χ2n) is 29.2. The summed E-state index contributed by atoms with van der Waals surface area (Å²) in [4.78, 5) is 17.1. The van der Waals surface area contributed by atoms with Gasteiger partial charge in [0.2, 0.25) is 0 Å². The summed E-state index contributed by atoms with van der Waals surface area (Å²) in [5, 5.41) is 4.90. The van der Waals surface area contributed by atoms with Crippen LogP contribution in [0.4, 0.5) is 13.2 Å². The van der Waals surface area contributed by atoms with Crippen LogP contribution in [0.15, 0.2) is 109 Å². The maximum atomic E-state index is 14.4. The lowest BCUT2D eigenvalue weighted by molar-refractivity contribution is -0.193. The van der Waals surface area contributed by atoms with E-state index in [1.54, 1.807) is 5.56 Å². The van der Waals surface area contributed by atoms with Gasteiger partial charge in [-0.25, -0.2) is 9.97 Å². The number of hydrogen-bond donors (Lipinski definition) is 0. The van der Waals surface area contributed by atoms with E-state index in [2.05, 4.69) is 147 Å². The number of aromatic nitrogens is 3. The number of halogens is 3. The van der Waals surface area contributed by atoms with Crippen LogP contribution in [0.2, 0.25) is 0 Å². The summed E-state index contributed by atoms with van der Waals surface area (Å²) in [6, 6.07) is 43.8. The molecule has 18 rings (SSSR count). The van der Waals surface area contributed by atoms with Crippen LogP contribution in [0.1, 0.15) is 153 Å². The maximum absolute atomic E-state index is 14.4. The molecule has 0 radical (unpaired) electrons. The standard InChI is InChI=1S/C73H84F3N5S2/c74-73(75,76)44-31-36-59-65(39-44)82-63-28-12-23-53-51-33-32-46(49-21-10-26-60(68(49)51)80(59)69(53)63)54-24-11-27-62-71(54)83-64-29-13-22-52-50-20-9-19-48-45(34-37-61(67(48)50)81(62)70(52)64)43-30-35-58-55(38-43)47-18-7-8-25-57(47)79(58)66-40-56(41-14-3-1-4-15-41)77-72(78-66)42-16-5-2-6-17-42/h1-8,14-18,25,30,35,38,40,44-46,48-54,59-65,67-71H,9-13,19-24,26-29,31-34,36-37,39H2. The molecule has 0 amide bonds. The Bertz CT molecular complexity index is 3350. The Balaban J connectivity index is 0.659. The third-order valence-corrected chi connectivity index (χ3v) is 29.7. The fourth-order valence-corrected chi connectivity index (χ4v) is 27.9. The van der Waals surface area contributed by atoms with Crippen LogP contribution in [0.3, 0.4) is 0 Å². The van der Waals surface area contributed by atoms with Crippen molar-refractivity contribution >= 4 is 45.3 Å². The van der Waals surface area contributed by atoms with Crippen LogP contribution in [0.25, 0.3) is 50.3 Å². The van der Waals surface area contributed by atoms with Crippen molar-refractivity contribution in [3.63, 3.8) is 0 Å². The molecule has 8 saturated carbocycles. The Morgan fingerprint density at radius 1 is 0.434 bits per heavy atom. The number of para-hydroxylation sites is 1. The number of alkyl halides is 3. The first kappa shape index (κ1) is 52.3. The van der Waals surface area contributed by atoms with Crippen molar-refractivity contribution < 1.29 is 13.2 Å². The van der Waals surface area contributed by atoms with Crippen LogP contribution >= 0.6 is 23.5 Å². The molecule has 4 aromatic carbocycles. The van der Waals surface area contributed by atoms with E-state index in [9.17, 15) is 13.2 Å². The molecule has 4 saturated heterocycles. The average molecular weight is 1150 g/mol. The molecule has 12 fully saturated rings. The van der Waals surface area contributed by atoms with Crippen LogP contribution in [0.5, 0.6) is 0 Å². The molecule has 0 spiro atoms. The molecule has 4 aliphatic heterocycles. The van der Waals surface area contributed by atoms with Gasteiger partial charge in [0.25, 0.3) is 0 Å². The summed E-state index contributed by atoms with van der Waals surface area (Å²) < 4.78 is 45.6. The third-order valence-electron chi connectivity index (χ3n) is 26.1. The van der Waals surface area contributed by atoms with Crippen LogP contribution in [0, 0.1) is 65.1 Å². The minimum Gasteiger partial charge on any atom is -0.294 e. The van der Waals surface area contributed by atoms with Gasteiger partial charge in [-0.3, -0.25) is 14.4 Å². The highest BCUT2D eigenvalue weighted by Crippen LogP contribution is 2.67. The minimum absolute atomic E-state index is 0.164. The minimum atomic E-state index is -4.05. The van der Waals surface area contributed by atoms with Gasteiger partial charge in [0.05, 0.1) is 22.6 Å². The Morgan fingerprint density at radius 2 is 1.02 bits per heavy atom. The van der Waals surface area contributed by atoms with E-state index < -0.39 is 12.1 Å². The molecule has 8 aliphatic carbocycles. The maximum Gasteiger partial charge on any atom is 0.391 e. The van der Waals surface area contributed by atoms with Gasteiger partial charge in [-0.15, -0.1) is 0 Å². The van der Waals surface area contributed by atoms with E-state index in [0.717, 1.165) is 123 Å². The van der Waals surface area contributed by atoms with E-state index in [4.69, 9.17) is 9.97 Å². The van der Waals surface area contributed by atoms with Gasteiger partial charge in [-0.2, -0.15) is 36.7 Å². The number of fused-ring (bicyclic) bond motifs is 11. The van der Waals surface area contributed by atoms with Crippen molar-refractivity contribution in [2.24, 2.45) is 65.1 Å². The quantitative estimate of drug-likeness (QED) is 0.171. The summed E-state index contributed by atoms with van der Waals surface area (Å²) in [6.07, 6.45) is 23.7. The van der Waals surface area contributed by atoms with Gasteiger partial charge < -0.3 is 0 Å². The Labute approximate surface area is 498 Å². The summed E-state index contributed by atoms with van der Waals surface area (Å²) in [5.74, 6) is 9.20. The van der Waals surface area contributed by atoms with Gasteiger partial charge in [0.1, 0.15) is 5.82 Å². The largest absolute Gasteiger partial charge is 0.391 e. The molecule has 12 aliphatic rings. The molecule has 434 valence electrons. The average Bonchev–Trinajstić information content (AvgIpc) is 2.29. The van der Waals surface area contributed by atoms with Gasteiger partial charge in [0.15, 0.2) is 5.82 Å². The van der Waals surface area contributed by atoms with Gasteiger partial charge >= 0.3 is 6.18 Å². The SMILES string of the molecule is FC(F)(F)C1CCC2C(C1)SC1CCCC3C4CCC(C5CCCC6C5SC5CCCC7C8CCCC9C(c%10ccc%11c(c%10)c%10ccccc%10n%11-c%10cc(-c%11ccccc%11)nc(-c%11ccccc%11)n%10)CCC(C98)N6C57)C5CCCC(C54)N2C13. The highest BCUT2D eigenvalue weighted by atomic mass is 32.2. The fourth-order valence-electron chi connectivity index (χ4n) is 23.6. The monoisotopic (exact) mass is 1150 g/mol. The first-order valence-corrected chi connectivity index (χ1v) is 35.6. The predicted molar refractivity (Wildman–Crippen MR) is 333 cm³/mol. The van der Waals surface area contributed by atoms with E-state index >= 15 is 0 Å². The zero-order chi connectivity index (χ0) is 54.8. The Kier molecular flexibility index (Phi) is 12.8. The van der Waals surface area contributed by atoms with Crippen LogP contribution < -0.4 is 0 Å². The lowest BCUT2D eigenvalue weighted by Gasteiger charge is -2.70. The molecule has 2 aromatic heterocycles. The number of piperidine rings is 2. The molecule has 83 heavy (non-hydrogen) atoms. The number of rotatable bonds is 5. The first-order chi connectivity index (χ1) is 40.8. The van der Waals surface area contributed by atoms with E-state index in [1.807, 2.05) is 0 Å². The zero-order valence-electron chi connectivity index (χ0n) is 48.3. The topological polar surface area (TPSA) is 37.2 Å². The number of nitrogens with zero attached hydrogens (tertiary/aromatic N) is 5. The van der Waals surface area contributed by atoms with Gasteiger partial charge in [0, 0.05) is 85.2 Å². The lowest BCUT2D eigenvalue weighted by atomic mass is 9.49. The summed E-state index contributed by atoms with van der Waals surface area (Å²) in [6.45, 7) is 0. The molecule has 0 bridgehead atoms. The smallest absolute Gasteiger partial charge is 0.294 e. The molecule has 6 aromatic rings. The first-order valence-electron chi connectivity index (χ1n) is 33.8. The molecule has 22 atom stereocenters. The third kappa shape index (κ3) is 8.20. The highest BCUT2D eigenvalue weighted by Gasteiger charge is 2.66. The number of benzene rings is 4. The number of hydrogen-bond acceptors (Lipinski definition) is 6.